The van der Waals surface area contributed by atoms with Crippen molar-refractivity contribution in [1.29, 1.82) is 0 Å². The Morgan fingerprint density at radius 3 is 2.42 bits per heavy atom. The molecular formula is C9H18O2S. The lowest BCUT2D eigenvalue weighted by Gasteiger charge is -2.35. The van der Waals surface area contributed by atoms with E-state index in [0.29, 0.717) is 12.4 Å². The molecule has 1 rings (SSSR count). The van der Waals surface area contributed by atoms with Gasteiger partial charge in [0.2, 0.25) is 0 Å². The Hall–Kier alpha value is 0.110. The molecule has 12 heavy (non-hydrogen) atoms. The van der Waals surface area contributed by atoms with Gasteiger partial charge in [-0.1, -0.05) is 20.8 Å². The summed E-state index contributed by atoms with van der Waals surface area (Å²) in [7, 11) is -0.687. The van der Waals surface area contributed by atoms with Crippen LogP contribution in [-0.2, 0) is 15.5 Å². The zero-order valence-corrected chi connectivity index (χ0v) is 9.11. The van der Waals surface area contributed by atoms with Crippen molar-refractivity contribution in [1.82, 2.24) is 0 Å². The van der Waals surface area contributed by atoms with Gasteiger partial charge in [0.05, 0.1) is 23.7 Å². The molecule has 0 N–H and O–H groups in total. The van der Waals surface area contributed by atoms with E-state index in [1.807, 2.05) is 6.92 Å². The van der Waals surface area contributed by atoms with Crippen LogP contribution in [0, 0.1) is 5.41 Å². The molecule has 1 aliphatic rings. The zero-order valence-electron chi connectivity index (χ0n) is 8.29. The molecule has 0 amide bonds. The second kappa shape index (κ2) is 3.46. The van der Waals surface area contributed by atoms with Gasteiger partial charge in [-0.3, -0.25) is 4.21 Å². The fourth-order valence-electron chi connectivity index (χ4n) is 1.19. The highest BCUT2D eigenvalue weighted by Gasteiger charge is 2.33. The molecule has 0 radical (unpaired) electrons. The van der Waals surface area contributed by atoms with Gasteiger partial charge in [-0.05, 0) is 12.3 Å². The van der Waals surface area contributed by atoms with Gasteiger partial charge in [0.1, 0.15) is 0 Å². The second-order valence-corrected chi connectivity index (χ2v) is 6.45. The van der Waals surface area contributed by atoms with E-state index in [0.717, 1.165) is 0 Å². The molecule has 3 heteroatoms. The third-order valence-electron chi connectivity index (χ3n) is 2.26. The molecule has 2 nitrogen and oxygen atoms in total. The summed E-state index contributed by atoms with van der Waals surface area (Å²) in [6.07, 6.45) is 0.162. The van der Waals surface area contributed by atoms with Crippen molar-refractivity contribution in [3.8, 4) is 0 Å². The summed E-state index contributed by atoms with van der Waals surface area (Å²) < 4.78 is 17.1. The highest BCUT2D eigenvalue weighted by Crippen LogP contribution is 2.26. The summed E-state index contributed by atoms with van der Waals surface area (Å²) >= 11 is 0. The molecule has 3 atom stereocenters. The average molecular weight is 190 g/mol. The molecule has 0 bridgehead atoms. The molecule has 0 aliphatic carbocycles. The zero-order chi connectivity index (χ0) is 9.35. The first-order chi connectivity index (χ1) is 5.41. The third kappa shape index (κ3) is 2.30. The predicted molar refractivity (Wildman–Crippen MR) is 51.7 cm³/mol. The molecule has 0 aromatic rings. The fourth-order valence-corrected chi connectivity index (χ4v) is 2.64. The SMILES string of the molecule is C[C@H]1CO[C@H](C(C)(C)C)CS1=O. The second-order valence-electron chi connectivity index (χ2n) is 4.55. The van der Waals surface area contributed by atoms with Gasteiger partial charge in [-0.25, -0.2) is 0 Å². The van der Waals surface area contributed by atoms with Crippen LogP contribution in [-0.4, -0.2) is 27.9 Å². The Morgan fingerprint density at radius 2 is 2.00 bits per heavy atom. The maximum absolute atomic E-state index is 11.5. The van der Waals surface area contributed by atoms with Crippen molar-refractivity contribution < 1.29 is 8.95 Å². The number of ether oxygens (including phenoxy) is 1. The Kier molecular flexibility index (Phi) is 2.94. The minimum atomic E-state index is -0.687. The fraction of sp³-hybridized carbons (Fsp3) is 1.00. The van der Waals surface area contributed by atoms with E-state index in [-0.39, 0.29) is 16.8 Å². The lowest BCUT2D eigenvalue weighted by Crippen LogP contribution is -2.43. The quantitative estimate of drug-likeness (QED) is 0.579. The molecule has 1 heterocycles. The summed E-state index contributed by atoms with van der Waals surface area (Å²) in [4.78, 5) is 0. The largest absolute Gasteiger partial charge is 0.375 e. The Morgan fingerprint density at radius 1 is 1.42 bits per heavy atom. The van der Waals surface area contributed by atoms with Gasteiger partial charge in [-0.2, -0.15) is 0 Å². The molecule has 0 saturated carbocycles. The standard InChI is InChI=1S/C9H18O2S/c1-7-5-11-8(6-12(7)10)9(2,3)4/h7-8H,5-6H2,1-4H3/t7-,8-,12?/m0/s1. The van der Waals surface area contributed by atoms with Crippen LogP contribution in [0.25, 0.3) is 0 Å². The molecular weight excluding hydrogens is 172 g/mol. The van der Waals surface area contributed by atoms with E-state index in [9.17, 15) is 4.21 Å². The van der Waals surface area contributed by atoms with Crippen LogP contribution in [0.2, 0.25) is 0 Å². The van der Waals surface area contributed by atoms with Crippen molar-refractivity contribution in [3.05, 3.63) is 0 Å². The van der Waals surface area contributed by atoms with Crippen molar-refractivity contribution in [2.45, 2.75) is 39.0 Å². The smallest absolute Gasteiger partial charge is 0.0739 e. The number of rotatable bonds is 0. The van der Waals surface area contributed by atoms with Gasteiger partial charge in [0.25, 0.3) is 0 Å². The topological polar surface area (TPSA) is 26.3 Å². The van der Waals surface area contributed by atoms with Crippen molar-refractivity contribution in [2.75, 3.05) is 12.4 Å². The normalized spacial score (nSPS) is 38.2. The van der Waals surface area contributed by atoms with Crippen LogP contribution in [0.3, 0.4) is 0 Å². The highest BCUT2D eigenvalue weighted by atomic mass is 32.2. The Bertz CT molecular complexity index is 183. The summed E-state index contributed by atoms with van der Waals surface area (Å²) in [5.74, 6) is 0.699. The van der Waals surface area contributed by atoms with Crippen molar-refractivity contribution in [2.24, 2.45) is 5.41 Å². The maximum Gasteiger partial charge on any atom is 0.0739 e. The van der Waals surface area contributed by atoms with Crippen LogP contribution in [0.15, 0.2) is 0 Å². The Labute approximate surface area is 77.1 Å². The van der Waals surface area contributed by atoms with E-state index < -0.39 is 10.8 Å². The lowest BCUT2D eigenvalue weighted by molar-refractivity contribution is -0.00712. The van der Waals surface area contributed by atoms with Crippen LogP contribution in [0.1, 0.15) is 27.7 Å². The van der Waals surface area contributed by atoms with Crippen molar-refractivity contribution in [3.63, 3.8) is 0 Å². The molecule has 0 aromatic heterocycles. The molecule has 0 aromatic carbocycles. The summed E-state index contributed by atoms with van der Waals surface area (Å²) in [6, 6.07) is 0. The van der Waals surface area contributed by atoms with Gasteiger partial charge in [-0.15, -0.1) is 0 Å². The van der Waals surface area contributed by atoms with E-state index in [4.69, 9.17) is 4.74 Å². The predicted octanol–water partition coefficient (Wildman–Crippen LogP) is 1.57. The van der Waals surface area contributed by atoms with Gasteiger partial charge in [0.15, 0.2) is 0 Å². The minimum absolute atomic E-state index is 0.121. The van der Waals surface area contributed by atoms with Crippen molar-refractivity contribution >= 4 is 10.8 Å². The third-order valence-corrected chi connectivity index (χ3v) is 3.93. The molecule has 0 spiro atoms. The van der Waals surface area contributed by atoms with Crippen LogP contribution >= 0.6 is 0 Å². The molecule has 72 valence electrons. The summed E-state index contributed by atoms with van der Waals surface area (Å²) in [5.41, 5.74) is 0.121. The van der Waals surface area contributed by atoms with Crippen LogP contribution in [0.4, 0.5) is 0 Å². The van der Waals surface area contributed by atoms with E-state index in [1.54, 1.807) is 0 Å². The highest BCUT2D eigenvalue weighted by molar-refractivity contribution is 7.85. The number of hydrogen-bond acceptors (Lipinski definition) is 2. The van der Waals surface area contributed by atoms with Crippen LogP contribution in [0.5, 0.6) is 0 Å². The van der Waals surface area contributed by atoms with Gasteiger partial charge in [0, 0.05) is 10.8 Å². The molecule has 1 fully saturated rings. The summed E-state index contributed by atoms with van der Waals surface area (Å²) in [5, 5.41) is 0.212. The van der Waals surface area contributed by atoms with E-state index in [1.165, 1.54) is 0 Å². The average Bonchev–Trinajstić information content (AvgIpc) is 1.92. The molecule has 1 unspecified atom stereocenters. The van der Waals surface area contributed by atoms with Gasteiger partial charge < -0.3 is 4.74 Å². The van der Waals surface area contributed by atoms with E-state index in [2.05, 4.69) is 20.8 Å². The molecule has 1 saturated heterocycles. The minimum Gasteiger partial charge on any atom is -0.375 e. The maximum atomic E-state index is 11.5. The first kappa shape index (κ1) is 10.2. The molecule has 1 aliphatic heterocycles. The first-order valence-electron chi connectivity index (χ1n) is 4.40. The van der Waals surface area contributed by atoms with E-state index >= 15 is 0 Å². The van der Waals surface area contributed by atoms with Gasteiger partial charge >= 0.3 is 0 Å². The summed E-state index contributed by atoms with van der Waals surface area (Å²) in [6.45, 7) is 9.02. The first-order valence-corrected chi connectivity index (χ1v) is 5.78. The monoisotopic (exact) mass is 190 g/mol. The Balaban J connectivity index is 2.57. The number of hydrogen-bond donors (Lipinski definition) is 0. The lowest BCUT2D eigenvalue weighted by atomic mass is 9.90. The van der Waals surface area contributed by atoms with Crippen LogP contribution < -0.4 is 0 Å².